The highest BCUT2D eigenvalue weighted by Gasteiger charge is 2.21. The fourth-order valence-corrected chi connectivity index (χ4v) is 3.10. The minimum Gasteiger partial charge on any atom is -0.437 e. The predicted molar refractivity (Wildman–Crippen MR) is 110 cm³/mol. The first-order valence-corrected chi connectivity index (χ1v) is 9.16. The lowest BCUT2D eigenvalue weighted by Gasteiger charge is -2.19. The van der Waals surface area contributed by atoms with Crippen LogP contribution in [0.4, 0.5) is 5.95 Å². The van der Waals surface area contributed by atoms with Gasteiger partial charge in [0.25, 0.3) is 5.91 Å². The first-order valence-electron chi connectivity index (χ1n) is 9.16. The molecule has 3 aromatic rings. The van der Waals surface area contributed by atoms with Crippen LogP contribution in [0.5, 0.6) is 11.6 Å². The van der Waals surface area contributed by atoms with Crippen molar-refractivity contribution in [3.05, 3.63) is 54.2 Å². The topological polar surface area (TPSA) is 107 Å². The van der Waals surface area contributed by atoms with Crippen LogP contribution in [-0.2, 0) is 7.05 Å². The third kappa shape index (κ3) is 5.07. The molecule has 9 nitrogen and oxygen atoms in total. The number of carbonyl (C=O) groups is 1. The Hall–Kier alpha value is -3.04. The third-order valence-corrected chi connectivity index (χ3v) is 4.57. The van der Waals surface area contributed by atoms with Gasteiger partial charge in [0, 0.05) is 30.9 Å². The second-order valence-corrected chi connectivity index (χ2v) is 6.57. The van der Waals surface area contributed by atoms with Crippen LogP contribution < -0.4 is 15.4 Å². The van der Waals surface area contributed by atoms with Gasteiger partial charge in [-0.1, -0.05) is 6.07 Å². The molecule has 1 aliphatic rings. The second kappa shape index (κ2) is 9.44. The molecule has 4 rings (SSSR count). The summed E-state index contributed by atoms with van der Waals surface area (Å²) in [5, 5.41) is 10.6. The molecule has 152 valence electrons. The third-order valence-electron chi connectivity index (χ3n) is 4.57. The van der Waals surface area contributed by atoms with Gasteiger partial charge in [0.2, 0.25) is 11.8 Å². The second-order valence-electron chi connectivity index (χ2n) is 6.57. The number of halogens is 1. The molecule has 0 aliphatic carbocycles. The van der Waals surface area contributed by atoms with Crippen molar-refractivity contribution < 1.29 is 9.53 Å². The van der Waals surface area contributed by atoms with Gasteiger partial charge in [-0.15, -0.1) is 12.4 Å². The van der Waals surface area contributed by atoms with Crippen molar-refractivity contribution in [3.8, 4) is 11.6 Å². The summed E-state index contributed by atoms with van der Waals surface area (Å²) in [6, 6.07) is 6.86. The van der Waals surface area contributed by atoms with Gasteiger partial charge >= 0.3 is 0 Å². The maximum Gasteiger partial charge on any atom is 0.258 e. The highest BCUT2D eigenvalue weighted by Crippen LogP contribution is 2.24. The summed E-state index contributed by atoms with van der Waals surface area (Å²) in [5.41, 5.74) is 0.452. The summed E-state index contributed by atoms with van der Waals surface area (Å²) < 4.78 is 7.24. The zero-order valence-electron chi connectivity index (χ0n) is 15.9. The Bertz CT molecular complexity index is 958. The number of hydrogen-bond acceptors (Lipinski definition) is 7. The minimum atomic E-state index is -0.281. The Kier molecular flexibility index (Phi) is 6.73. The molecule has 29 heavy (non-hydrogen) atoms. The van der Waals surface area contributed by atoms with Crippen LogP contribution >= 0.6 is 12.4 Å². The van der Waals surface area contributed by atoms with Gasteiger partial charge in [-0.2, -0.15) is 10.1 Å². The van der Waals surface area contributed by atoms with E-state index in [2.05, 4.69) is 30.7 Å². The van der Waals surface area contributed by atoms with Gasteiger partial charge in [-0.05, 0) is 44.1 Å². The van der Waals surface area contributed by atoms with Crippen LogP contribution in [0.3, 0.4) is 0 Å². The quantitative estimate of drug-likeness (QED) is 0.659. The standard InChI is InChI=1S/C19H21N7O2.ClH/c1-26-19(23-17(25-26)13-5-7-20-8-6-13)24-18(27)14-3-2-4-15(11-14)28-16-12-21-9-10-22-16;/h2-4,9-13,20H,5-8H2,1H3,(H,23,24,25,27);1H. The number of hydrogen-bond donors (Lipinski definition) is 2. The van der Waals surface area contributed by atoms with Crippen LogP contribution in [-0.4, -0.2) is 43.7 Å². The van der Waals surface area contributed by atoms with E-state index >= 15 is 0 Å². The number of aromatic nitrogens is 5. The largest absolute Gasteiger partial charge is 0.437 e. The maximum atomic E-state index is 12.7. The molecule has 0 atom stereocenters. The van der Waals surface area contributed by atoms with Crippen LogP contribution in [0, 0.1) is 0 Å². The van der Waals surface area contributed by atoms with Crippen molar-refractivity contribution in [2.45, 2.75) is 18.8 Å². The van der Waals surface area contributed by atoms with E-state index in [4.69, 9.17) is 4.74 Å². The zero-order chi connectivity index (χ0) is 19.3. The molecule has 1 saturated heterocycles. The van der Waals surface area contributed by atoms with Crippen molar-refractivity contribution in [2.75, 3.05) is 18.4 Å². The van der Waals surface area contributed by atoms with E-state index < -0.39 is 0 Å². The molecule has 1 aromatic carbocycles. The van der Waals surface area contributed by atoms with Crippen molar-refractivity contribution in [2.24, 2.45) is 7.05 Å². The fourth-order valence-electron chi connectivity index (χ4n) is 3.10. The van der Waals surface area contributed by atoms with E-state index in [1.165, 1.54) is 6.20 Å². The molecule has 0 radical (unpaired) electrons. The number of piperidine rings is 1. The first kappa shape index (κ1) is 20.7. The lowest BCUT2D eigenvalue weighted by Crippen LogP contribution is -2.27. The molecular weight excluding hydrogens is 394 g/mol. The van der Waals surface area contributed by atoms with Gasteiger partial charge in [0.1, 0.15) is 5.75 Å². The van der Waals surface area contributed by atoms with E-state index in [1.807, 2.05) is 0 Å². The number of carbonyl (C=O) groups excluding carboxylic acids is 1. The first-order chi connectivity index (χ1) is 13.7. The van der Waals surface area contributed by atoms with Crippen LogP contribution in [0.25, 0.3) is 0 Å². The van der Waals surface area contributed by atoms with Crippen LogP contribution in [0.2, 0.25) is 0 Å². The van der Waals surface area contributed by atoms with Crippen molar-refractivity contribution >= 4 is 24.3 Å². The van der Waals surface area contributed by atoms with Gasteiger partial charge in [0.15, 0.2) is 5.82 Å². The Balaban J connectivity index is 0.00000240. The number of ether oxygens (including phenoxy) is 1. The highest BCUT2D eigenvalue weighted by atomic mass is 35.5. The van der Waals surface area contributed by atoms with Crippen molar-refractivity contribution in [3.63, 3.8) is 0 Å². The zero-order valence-corrected chi connectivity index (χ0v) is 16.7. The minimum absolute atomic E-state index is 0. The van der Waals surface area contributed by atoms with Crippen molar-refractivity contribution in [1.82, 2.24) is 30.0 Å². The molecule has 2 N–H and O–H groups in total. The highest BCUT2D eigenvalue weighted by molar-refractivity contribution is 6.03. The Morgan fingerprint density at radius 3 is 2.86 bits per heavy atom. The number of amides is 1. The number of aryl methyl sites for hydroxylation is 1. The summed E-state index contributed by atoms with van der Waals surface area (Å²) in [7, 11) is 1.78. The molecule has 1 fully saturated rings. The van der Waals surface area contributed by atoms with Gasteiger partial charge < -0.3 is 10.1 Å². The average Bonchev–Trinajstić information content (AvgIpc) is 3.10. The van der Waals surface area contributed by atoms with E-state index in [1.54, 1.807) is 48.4 Å². The Morgan fingerprint density at radius 1 is 1.28 bits per heavy atom. The summed E-state index contributed by atoms with van der Waals surface area (Å²) >= 11 is 0. The summed E-state index contributed by atoms with van der Waals surface area (Å²) in [5.74, 6) is 2.11. The average molecular weight is 416 g/mol. The molecular formula is C19H22ClN7O2. The molecule has 0 saturated carbocycles. The van der Waals surface area contributed by atoms with Crippen LogP contribution in [0.1, 0.15) is 34.9 Å². The van der Waals surface area contributed by atoms with Gasteiger partial charge in [-0.25, -0.2) is 9.67 Å². The summed E-state index contributed by atoms with van der Waals surface area (Å²) in [6.07, 6.45) is 6.61. The molecule has 0 unspecified atom stereocenters. The SMILES string of the molecule is Cl.Cn1nc(C2CCNCC2)nc1NC(=O)c1cccc(Oc2cnccn2)c1. The smallest absolute Gasteiger partial charge is 0.258 e. The lowest BCUT2D eigenvalue weighted by atomic mass is 9.98. The number of nitrogens with one attached hydrogen (secondary N) is 2. The summed E-state index contributed by atoms with van der Waals surface area (Å²) in [6.45, 7) is 1.92. The molecule has 1 aliphatic heterocycles. The molecule has 0 spiro atoms. The molecule has 2 aromatic heterocycles. The lowest BCUT2D eigenvalue weighted by molar-refractivity contribution is 0.102. The van der Waals surface area contributed by atoms with Gasteiger partial charge in [0.05, 0.1) is 6.20 Å². The van der Waals surface area contributed by atoms with Gasteiger partial charge in [-0.3, -0.25) is 15.1 Å². The number of nitrogens with zero attached hydrogens (tertiary/aromatic N) is 5. The number of anilines is 1. The maximum absolute atomic E-state index is 12.7. The van der Waals surface area contributed by atoms with Crippen molar-refractivity contribution in [1.29, 1.82) is 0 Å². The number of rotatable bonds is 5. The monoisotopic (exact) mass is 415 g/mol. The van der Waals surface area contributed by atoms with E-state index in [0.29, 0.717) is 29.1 Å². The molecule has 1 amide bonds. The van der Waals surface area contributed by atoms with E-state index in [9.17, 15) is 4.79 Å². The number of benzene rings is 1. The fraction of sp³-hybridized carbons (Fsp3) is 0.316. The Morgan fingerprint density at radius 2 is 2.10 bits per heavy atom. The normalized spacial score (nSPS) is 14.1. The molecule has 10 heteroatoms. The predicted octanol–water partition coefficient (Wildman–Crippen LogP) is 2.54. The van der Waals surface area contributed by atoms with Crippen LogP contribution in [0.15, 0.2) is 42.9 Å². The van der Waals surface area contributed by atoms with E-state index in [-0.39, 0.29) is 18.3 Å². The molecule has 3 heterocycles. The summed E-state index contributed by atoms with van der Waals surface area (Å²) in [4.78, 5) is 25.2. The molecule has 0 bridgehead atoms. The van der Waals surface area contributed by atoms with E-state index in [0.717, 1.165) is 31.8 Å². The Labute approximate surface area is 174 Å².